The van der Waals surface area contributed by atoms with Crippen molar-refractivity contribution in [3.8, 4) is 0 Å². The van der Waals surface area contributed by atoms with Gasteiger partial charge in [-0.3, -0.25) is 4.79 Å². The van der Waals surface area contributed by atoms with Gasteiger partial charge in [0, 0.05) is 18.3 Å². The minimum Gasteiger partial charge on any atom is -0.392 e. The first-order chi connectivity index (χ1) is 7.25. The van der Waals surface area contributed by atoms with Gasteiger partial charge in [-0.2, -0.15) is 11.8 Å². The van der Waals surface area contributed by atoms with Crippen LogP contribution in [0.1, 0.15) is 19.3 Å². The first-order valence-corrected chi connectivity index (χ1v) is 6.61. The number of hydrogen-bond acceptors (Lipinski definition) is 4. The van der Waals surface area contributed by atoms with Gasteiger partial charge in [-0.25, -0.2) is 0 Å². The summed E-state index contributed by atoms with van der Waals surface area (Å²) in [4.78, 5) is 11.7. The molecule has 3 N–H and O–H groups in total. The zero-order valence-electron chi connectivity index (χ0n) is 9.15. The lowest BCUT2D eigenvalue weighted by Gasteiger charge is -2.13. The van der Waals surface area contributed by atoms with E-state index in [2.05, 4.69) is 10.6 Å². The Balaban J connectivity index is 0.00000128. The van der Waals surface area contributed by atoms with Gasteiger partial charge in [0.05, 0.1) is 12.1 Å². The van der Waals surface area contributed by atoms with Crippen molar-refractivity contribution in [2.75, 3.05) is 18.8 Å². The van der Waals surface area contributed by atoms with Crippen LogP contribution in [-0.2, 0) is 4.79 Å². The molecule has 3 unspecified atom stereocenters. The average Bonchev–Trinajstić information content (AvgIpc) is 2.84. The van der Waals surface area contributed by atoms with E-state index < -0.39 is 0 Å². The van der Waals surface area contributed by atoms with E-state index in [0.717, 1.165) is 6.54 Å². The number of thioether (sulfide) groups is 1. The van der Waals surface area contributed by atoms with Crippen LogP contribution in [0.5, 0.6) is 0 Å². The Morgan fingerprint density at radius 2 is 2.38 bits per heavy atom. The maximum absolute atomic E-state index is 11.7. The SMILES string of the molecule is Cl.O=C(NCC1CCCS1)C1CC(O)CN1. The summed E-state index contributed by atoms with van der Waals surface area (Å²) >= 11 is 1.94. The molecule has 2 aliphatic heterocycles. The van der Waals surface area contributed by atoms with Crippen LogP contribution in [0.2, 0.25) is 0 Å². The molecule has 0 aromatic heterocycles. The molecule has 2 saturated heterocycles. The number of carbonyl (C=O) groups is 1. The summed E-state index contributed by atoms with van der Waals surface area (Å²) in [6.45, 7) is 1.31. The standard InChI is InChI=1S/C10H18N2O2S.ClH/c13-7-4-9(11-5-7)10(14)12-6-8-2-1-3-15-8;/h7-9,11,13H,1-6H2,(H,12,14);1H. The summed E-state index contributed by atoms with van der Waals surface area (Å²) in [6.07, 6.45) is 2.67. The monoisotopic (exact) mass is 266 g/mol. The predicted molar refractivity (Wildman–Crippen MR) is 68.2 cm³/mol. The fraction of sp³-hybridized carbons (Fsp3) is 0.900. The van der Waals surface area contributed by atoms with E-state index in [1.54, 1.807) is 0 Å². The molecule has 0 bridgehead atoms. The fourth-order valence-electron chi connectivity index (χ4n) is 2.06. The van der Waals surface area contributed by atoms with E-state index in [0.29, 0.717) is 18.2 Å². The number of carbonyl (C=O) groups excluding carboxylic acids is 1. The Morgan fingerprint density at radius 3 is 2.94 bits per heavy atom. The molecule has 16 heavy (non-hydrogen) atoms. The highest BCUT2D eigenvalue weighted by Gasteiger charge is 2.28. The average molecular weight is 267 g/mol. The number of aliphatic hydroxyl groups is 1. The molecule has 94 valence electrons. The van der Waals surface area contributed by atoms with Crippen LogP contribution in [0.25, 0.3) is 0 Å². The van der Waals surface area contributed by atoms with Crippen molar-refractivity contribution in [1.29, 1.82) is 0 Å². The zero-order valence-corrected chi connectivity index (χ0v) is 10.8. The highest BCUT2D eigenvalue weighted by atomic mass is 35.5. The van der Waals surface area contributed by atoms with E-state index in [-0.39, 0.29) is 30.5 Å². The van der Waals surface area contributed by atoms with Crippen molar-refractivity contribution in [2.45, 2.75) is 36.7 Å². The number of aliphatic hydroxyl groups excluding tert-OH is 1. The minimum atomic E-state index is -0.360. The number of nitrogens with one attached hydrogen (secondary N) is 2. The lowest BCUT2D eigenvalue weighted by Crippen LogP contribution is -2.42. The third kappa shape index (κ3) is 3.80. The van der Waals surface area contributed by atoms with Gasteiger partial charge in [-0.1, -0.05) is 0 Å². The first-order valence-electron chi connectivity index (χ1n) is 5.56. The summed E-state index contributed by atoms with van der Waals surface area (Å²) in [5.41, 5.74) is 0. The van der Waals surface area contributed by atoms with Crippen molar-refractivity contribution >= 4 is 30.1 Å². The van der Waals surface area contributed by atoms with Gasteiger partial charge in [0.2, 0.25) is 5.91 Å². The third-order valence-electron chi connectivity index (χ3n) is 2.95. The number of β-amino-alcohol motifs (C(OH)–C–C–N with tert-alkyl or cyclic N) is 1. The molecule has 0 aromatic carbocycles. The van der Waals surface area contributed by atoms with Gasteiger partial charge < -0.3 is 15.7 Å². The topological polar surface area (TPSA) is 61.4 Å². The normalized spacial score (nSPS) is 33.4. The van der Waals surface area contributed by atoms with Crippen LogP contribution in [0.3, 0.4) is 0 Å². The second-order valence-electron chi connectivity index (χ2n) is 4.23. The molecular weight excluding hydrogens is 248 g/mol. The van der Waals surface area contributed by atoms with E-state index in [1.165, 1.54) is 18.6 Å². The minimum absolute atomic E-state index is 0. The van der Waals surface area contributed by atoms with Crippen LogP contribution in [0.15, 0.2) is 0 Å². The molecule has 0 saturated carbocycles. The van der Waals surface area contributed by atoms with Crippen molar-refractivity contribution in [2.24, 2.45) is 0 Å². The molecule has 6 heteroatoms. The van der Waals surface area contributed by atoms with Gasteiger partial charge in [-0.15, -0.1) is 12.4 Å². The highest BCUT2D eigenvalue weighted by molar-refractivity contribution is 8.00. The summed E-state index contributed by atoms with van der Waals surface area (Å²) in [5, 5.41) is 15.8. The summed E-state index contributed by atoms with van der Waals surface area (Å²) < 4.78 is 0. The van der Waals surface area contributed by atoms with E-state index in [1.807, 2.05) is 11.8 Å². The van der Waals surface area contributed by atoms with Gasteiger partial charge in [0.15, 0.2) is 0 Å². The van der Waals surface area contributed by atoms with E-state index >= 15 is 0 Å². The molecular formula is C10H19ClN2O2S. The zero-order chi connectivity index (χ0) is 10.7. The van der Waals surface area contributed by atoms with Crippen molar-refractivity contribution < 1.29 is 9.90 Å². The van der Waals surface area contributed by atoms with Crippen LogP contribution in [0, 0.1) is 0 Å². The Bertz CT molecular complexity index is 237. The van der Waals surface area contributed by atoms with Crippen molar-refractivity contribution in [3.63, 3.8) is 0 Å². The molecule has 2 aliphatic rings. The Kier molecular flexibility index (Phi) is 5.89. The summed E-state index contributed by atoms with van der Waals surface area (Å²) in [7, 11) is 0. The Hall–Kier alpha value is 0.0300. The molecule has 0 aromatic rings. The summed E-state index contributed by atoms with van der Waals surface area (Å²) in [6, 6.07) is -0.189. The molecule has 2 fully saturated rings. The maximum atomic E-state index is 11.7. The molecule has 2 heterocycles. The molecule has 1 amide bonds. The predicted octanol–water partition coefficient (Wildman–Crippen LogP) is 0.143. The number of hydrogen-bond donors (Lipinski definition) is 3. The third-order valence-corrected chi connectivity index (χ3v) is 4.35. The number of halogens is 1. The molecule has 2 rings (SSSR count). The number of amides is 1. The first kappa shape index (κ1) is 14.1. The van der Waals surface area contributed by atoms with E-state index in [4.69, 9.17) is 0 Å². The quantitative estimate of drug-likeness (QED) is 0.680. The maximum Gasteiger partial charge on any atom is 0.237 e. The molecule has 0 spiro atoms. The van der Waals surface area contributed by atoms with Crippen LogP contribution >= 0.6 is 24.2 Å². The van der Waals surface area contributed by atoms with Crippen LogP contribution < -0.4 is 10.6 Å². The highest BCUT2D eigenvalue weighted by Crippen LogP contribution is 2.25. The Morgan fingerprint density at radius 1 is 1.56 bits per heavy atom. The lowest BCUT2D eigenvalue weighted by atomic mass is 10.2. The van der Waals surface area contributed by atoms with Gasteiger partial charge >= 0.3 is 0 Å². The second kappa shape index (κ2) is 6.69. The van der Waals surface area contributed by atoms with Gasteiger partial charge in [-0.05, 0) is 25.0 Å². The summed E-state index contributed by atoms with van der Waals surface area (Å²) in [5.74, 6) is 1.26. The smallest absolute Gasteiger partial charge is 0.237 e. The molecule has 0 aliphatic carbocycles. The largest absolute Gasteiger partial charge is 0.392 e. The lowest BCUT2D eigenvalue weighted by molar-refractivity contribution is -0.122. The number of rotatable bonds is 3. The Labute approximate surface area is 106 Å². The van der Waals surface area contributed by atoms with Crippen molar-refractivity contribution in [3.05, 3.63) is 0 Å². The molecule has 3 atom stereocenters. The van der Waals surface area contributed by atoms with Gasteiger partial charge in [0.1, 0.15) is 0 Å². The van der Waals surface area contributed by atoms with Crippen LogP contribution in [-0.4, -0.2) is 47.3 Å². The molecule has 0 radical (unpaired) electrons. The van der Waals surface area contributed by atoms with Gasteiger partial charge in [0.25, 0.3) is 0 Å². The molecule has 4 nitrogen and oxygen atoms in total. The van der Waals surface area contributed by atoms with Crippen molar-refractivity contribution in [1.82, 2.24) is 10.6 Å². The second-order valence-corrected chi connectivity index (χ2v) is 5.64. The van der Waals surface area contributed by atoms with Crippen LogP contribution in [0.4, 0.5) is 0 Å². The fourth-order valence-corrected chi connectivity index (χ4v) is 3.26. The van der Waals surface area contributed by atoms with E-state index in [9.17, 15) is 9.90 Å².